The Balaban J connectivity index is 2.23. The zero-order valence-electron chi connectivity index (χ0n) is 14.1. The molecule has 25 heavy (non-hydrogen) atoms. The molecule has 0 spiro atoms. The summed E-state index contributed by atoms with van der Waals surface area (Å²) >= 11 is 0. The van der Waals surface area contributed by atoms with Crippen molar-refractivity contribution in [1.29, 1.82) is 0 Å². The van der Waals surface area contributed by atoms with Crippen molar-refractivity contribution in [3.63, 3.8) is 0 Å². The molecule has 0 aromatic heterocycles. The third kappa shape index (κ3) is 2.31. The number of fused-ring (bicyclic) bond motifs is 4. The summed E-state index contributed by atoms with van der Waals surface area (Å²) in [4.78, 5) is 19.4. The maximum atomic E-state index is 12.6. The van der Waals surface area contributed by atoms with Crippen LogP contribution in [0.2, 0.25) is 0 Å². The maximum absolute atomic E-state index is 12.6. The number of phenolic OH excluding ortho intramolecular Hbond substituents is 1. The first kappa shape index (κ1) is 15.4. The number of phenols is 1. The molecule has 1 N–H and O–H groups in total. The number of hydrogen-bond donors (Lipinski definition) is 1. The van der Waals surface area contributed by atoms with E-state index in [1.807, 2.05) is 43.0 Å². The van der Waals surface area contributed by atoms with E-state index in [1.54, 1.807) is 12.1 Å². The minimum atomic E-state index is -0.142. The van der Waals surface area contributed by atoms with E-state index >= 15 is 0 Å². The maximum Gasteiger partial charge on any atom is 0.190 e. The largest absolute Gasteiger partial charge is 0.506 e. The summed E-state index contributed by atoms with van der Waals surface area (Å²) < 4.78 is 5.91. The van der Waals surface area contributed by atoms with Crippen LogP contribution in [0.25, 0.3) is 33.3 Å². The molecule has 0 atom stereocenters. The summed E-state index contributed by atoms with van der Waals surface area (Å²) in [7, 11) is 0. The van der Waals surface area contributed by atoms with Crippen molar-refractivity contribution in [3.8, 4) is 17.2 Å². The van der Waals surface area contributed by atoms with Gasteiger partial charge in [-0.05, 0) is 38.1 Å². The highest BCUT2D eigenvalue weighted by atomic mass is 16.3. The molecule has 5 nitrogen and oxygen atoms in total. The van der Waals surface area contributed by atoms with Gasteiger partial charge >= 0.3 is 0 Å². The topological polar surface area (TPSA) is 66.6 Å². The van der Waals surface area contributed by atoms with E-state index in [9.17, 15) is 9.90 Å². The zero-order valence-corrected chi connectivity index (χ0v) is 14.1. The minimum Gasteiger partial charge on any atom is -0.506 e. The zero-order chi connectivity index (χ0) is 17.6. The molecule has 1 aliphatic carbocycles. The Morgan fingerprint density at radius 1 is 1.12 bits per heavy atom. The average molecular weight is 334 g/mol. The van der Waals surface area contributed by atoms with Crippen molar-refractivity contribution < 1.29 is 9.52 Å². The van der Waals surface area contributed by atoms with E-state index < -0.39 is 0 Å². The van der Waals surface area contributed by atoms with Crippen molar-refractivity contribution in [3.05, 3.63) is 52.7 Å². The predicted molar refractivity (Wildman–Crippen MR) is 99.6 cm³/mol. The Labute approximate surface area is 144 Å². The number of aromatic nitrogens is 1. The van der Waals surface area contributed by atoms with Gasteiger partial charge in [0.15, 0.2) is 16.8 Å². The van der Waals surface area contributed by atoms with Gasteiger partial charge in [0, 0.05) is 29.9 Å². The van der Waals surface area contributed by atoms with Gasteiger partial charge in [0.25, 0.3) is 0 Å². The number of aromatic hydroxyl groups is 1. The molecule has 2 aliphatic rings. The molecule has 0 saturated heterocycles. The lowest BCUT2D eigenvalue weighted by Gasteiger charge is -2.25. The lowest BCUT2D eigenvalue weighted by Crippen LogP contribution is -2.23. The second kappa shape index (κ2) is 5.77. The monoisotopic (exact) mass is 334 g/mol. The van der Waals surface area contributed by atoms with Crippen LogP contribution in [0.4, 0.5) is 5.69 Å². The Morgan fingerprint density at radius 2 is 1.88 bits per heavy atom. The highest BCUT2D eigenvalue weighted by Gasteiger charge is 2.22. The van der Waals surface area contributed by atoms with Gasteiger partial charge in [-0.25, -0.2) is 4.98 Å². The fourth-order valence-electron chi connectivity index (χ4n) is 3.34. The average Bonchev–Trinajstić information content (AvgIpc) is 2.62. The van der Waals surface area contributed by atoms with Crippen LogP contribution in [0.3, 0.4) is 0 Å². The molecule has 2 aromatic carbocycles. The quantitative estimate of drug-likeness (QED) is 0.453. The van der Waals surface area contributed by atoms with Crippen molar-refractivity contribution in [2.45, 2.75) is 13.8 Å². The van der Waals surface area contributed by atoms with Crippen LogP contribution in [0.5, 0.6) is 5.75 Å². The van der Waals surface area contributed by atoms with Gasteiger partial charge in [-0.3, -0.25) is 4.79 Å². The molecule has 5 heteroatoms. The third-order valence-electron chi connectivity index (χ3n) is 4.55. The molecule has 0 radical (unpaired) electrons. The second-order valence-corrected chi connectivity index (χ2v) is 5.93. The molecule has 0 bridgehead atoms. The fourth-order valence-corrected chi connectivity index (χ4v) is 3.34. The van der Waals surface area contributed by atoms with Gasteiger partial charge in [0.2, 0.25) is 0 Å². The lowest BCUT2D eigenvalue weighted by molar-refractivity contribution is 0.475. The number of rotatable bonds is 3. The number of hydrogen-bond acceptors (Lipinski definition) is 5. The number of benzene rings is 3. The Bertz CT molecular complexity index is 1110. The highest BCUT2D eigenvalue weighted by Crippen LogP contribution is 2.40. The number of anilines is 1. The van der Waals surface area contributed by atoms with Crippen molar-refractivity contribution in [2.75, 3.05) is 18.0 Å². The molecule has 0 amide bonds. The summed E-state index contributed by atoms with van der Waals surface area (Å²) in [5.74, 6) is 0.563. The smallest absolute Gasteiger partial charge is 0.190 e. The van der Waals surface area contributed by atoms with E-state index in [4.69, 9.17) is 9.40 Å². The van der Waals surface area contributed by atoms with Crippen molar-refractivity contribution >= 4 is 27.6 Å². The fraction of sp³-hybridized carbons (Fsp3) is 0.200. The summed E-state index contributed by atoms with van der Waals surface area (Å²) in [6.07, 6.45) is 0. The van der Waals surface area contributed by atoms with Crippen LogP contribution in [0.1, 0.15) is 13.8 Å². The van der Waals surface area contributed by atoms with Gasteiger partial charge in [-0.15, -0.1) is 0 Å². The SMILES string of the molecule is CCN(CC)c1c(O)ccc2c(=O)cc3oc4ccccc4nc-3c12. The Hall–Kier alpha value is -3.08. The molecule has 1 aliphatic heterocycles. The third-order valence-corrected chi connectivity index (χ3v) is 4.55. The number of nitrogens with zero attached hydrogens (tertiary/aromatic N) is 2. The van der Waals surface area contributed by atoms with Crippen LogP contribution in [0, 0.1) is 0 Å². The molecule has 2 aromatic rings. The molecule has 4 rings (SSSR count). The lowest BCUT2D eigenvalue weighted by atomic mass is 10.0. The first-order valence-electron chi connectivity index (χ1n) is 8.37. The van der Waals surface area contributed by atoms with Gasteiger partial charge in [0.05, 0.1) is 5.69 Å². The van der Waals surface area contributed by atoms with Gasteiger partial charge in [0.1, 0.15) is 17.0 Å². The van der Waals surface area contributed by atoms with E-state index in [-0.39, 0.29) is 11.2 Å². The molecule has 126 valence electrons. The van der Waals surface area contributed by atoms with Gasteiger partial charge in [-0.1, -0.05) is 12.1 Å². The first-order chi connectivity index (χ1) is 12.1. The first-order valence-corrected chi connectivity index (χ1v) is 8.37. The summed E-state index contributed by atoms with van der Waals surface area (Å²) in [5.41, 5.74) is 2.41. The molecular formula is C20H18N2O3. The standard InChI is InChI=1S/C20H18N2O3/c1-3-22(4-2)20-14(23)10-9-12-15(24)11-17-19(18(12)20)21-13-7-5-6-8-16(13)25-17/h5-11,23H,3-4H2,1-2H3. The predicted octanol–water partition coefficient (Wildman–Crippen LogP) is 4.00. The normalized spacial score (nSPS) is 11.4. The molecule has 0 fully saturated rings. The molecule has 0 saturated carbocycles. The summed E-state index contributed by atoms with van der Waals surface area (Å²) in [6.45, 7) is 5.44. The van der Waals surface area contributed by atoms with Crippen LogP contribution in [-0.2, 0) is 0 Å². The Kier molecular flexibility index (Phi) is 3.57. The number of para-hydroxylation sites is 2. The van der Waals surface area contributed by atoms with Crippen LogP contribution in [-0.4, -0.2) is 23.2 Å². The van der Waals surface area contributed by atoms with Crippen LogP contribution in [0.15, 0.2) is 51.7 Å². The molecular weight excluding hydrogens is 316 g/mol. The van der Waals surface area contributed by atoms with E-state index in [1.165, 1.54) is 6.07 Å². The van der Waals surface area contributed by atoms with Crippen molar-refractivity contribution in [2.24, 2.45) is 0 Å². The van der Waals surface area contributed by atoms with Gasteiger partial charge < -0.3 is 14.4 Å². The molecule has 1 heterocycles. The van der Waals surface area contributed by atoms with E-state index in [0.717, 1.165) is 0 Å². The second-order valence-electron chi connectivity index (χ2n) is 5.93. The molecule has 0 unspecified atom stereocenters. The summed E-state index contributed by atoms with van der Waals surface area (Å²) in [6, 6.07) is 12.1. The van der Waals surface area contributed by atoms with Crippen LogP contribution >= 0.6 is 0 Å². The van der Waals surface area contributed by atoms with Crippen molar-refractivity contribution in [1.82, 2.24) is 4.98 Å². The minimum absolute atomic E-state index is 0.137. The highest BCUT2D eigenvalue weighted by molar-refractivity contribution is 6.06. The Morgan fingerprint density at radius 3 is 2.64 bits per heavy atom. The summed E-state index contributed by atoms with van der Waals surface area (Å²) in [5, 5.41) is 11.7. The van der Waals surface area contributed by atoms with E-state index in [0.29, 0.717) is 52.1 Å². The van der Waals surface area contributed by atoms with Gasteiger partial charge in [-0.2, -0.15) is 0 Å². The van der Waals surface area contributed by atoms with E-state index in [2.05, 4.69) is 0 Å². The van der Waals surface area contributed by atoms with Crippen LogP contribution < -0.4 is 10.3 Å².